The van der Waals surface area contributed by atoms with Gasteiger partial charge in [-0.25, -0.2) is 8.78 Å². The molecule has 0 aliphatic heterocycles. The number of fused-ring (bicyclic) bond motifs is 1. The van der Waals surface area contributed by atoms with Crippen LogP contribution in [0, 0.1) is 11.6 Å². The summed E-state index contributed by atoms with van der Waals surface area (Å²) in [6.07, 6.45) is 2.23. The van der Waals surface area contributed by atoms with E-state index in [4.69, 9.17) is 0 Å². The average molecular weight is 353 g/mol. The first-order valence-electron chi connectivity index (χ1n) is 6.98. The summed E-state index contributed by atoms with van der Waals surface area (Å²) in [5, 5.41) is 10.3. The normalized spacial score (nSPS) is 15.0. The van der Waals surface area contributed by atoms with Gasteiger partial charge in [-0.15, -0.1) is 0 Å². The molecule has 3 rings (SSSR count). The van der Waals surface area contributed by atoms with Crippen LogP contribution >= 0.6 is 15.9 Å². The third-order valence-corrected chi connectivity index (χ3v) is 4.66. The molecular weight excluding hydrogens is 338 g/mol. The van der Waals surface area contributed by atoms with Gasteiger partial charge in [-0.3, -0.25) is 0 Å². The van der Waals surface area contributed by atoms with Crippen LogP contribution in [0.4, 0.5) is 8.78 Å². The summed E-state index contributed by atoms with van der Waals surface area (Å²) in [5.41, 5.74) is 3.18. The molecule has 4 heteroatoms. The standard InChI is InChI=1S/C17H15BrF2O/c18-14-6-7-15(19)13(17(14)20)9-16(21)12-5-4-10-2-1-3-11(10)8-12/h4-8,16,21H,1-3,9H2. The number of aryl methyl sites for hydroxylation is 2. The zero-order valence-corrected chi connectivity index (χ0v) is 13.0. The molecule has 0 saturated carbocycles. The maximum Gasteiger partial charge on any atom is 0.143 e. The van der Waals surface area contributed by atoms with Crippen molar-refractivity contribution in [3.63, 3.8) is 0 Å². The van der Waals surface area contributed by atoms with Gasteiger partial charge in [-0.2, -0.15) is 0 Å². The first-order valence-corrected chi connectivity index (χ1v) is 7.77. The summed E-state index contributed by atoms with van der Waals surface area (Å²) in [5.74, 6) is -1.27. The Balaban J connectivity index is 1.87. The second-order valence-electron chi connectivity index (χ2n) is 5.42. The fourth-order valence-corrected chi connectivity index (χ4v) is 3.24. The summed E-state index contributed by atoms with van der Waals surface area (Å²) in [4.78, 5) is 0. The minimum atomic E-state index is -0.908. The Morgan fingerprint density at radius 2 is 1.86 bits per heavy atom. The Labute approximate surface area is 130 Å². The van der Waals surface area contributed by atoms with Gasteiger partial charge in [0.1, 0.15) is 11.6 Å². The average Bonchev–Trinajstić information content (AvgIpc) is 2.94. The Bertz CT molecular complexity index is 685. The molecule has 1 atom stereocenters. The molecule has 0 bridgehead atoms. The third-order valence-electron chi connectivity index (χ3n) is 4.04. The molecule has 1 N–H and O–H groups in total. The molecule has 0 radical (unpaired) electrons. The lowest BCUT2D eigenvalue weighted by atomic mass is 9.97. The smallest absolute Gasteiger partial charge is 0.143 e. The molecule has 110 valence electrons. The van der Waals surface area contributed by atoms with Crippen molar-refractivity contribution in [1.29, 1.82) is 0 Å². The second kappa shape index (κ2) is 5.85. The van der Waals surface area contributed by atoms with E-state index in [1.54, 1.807) is 0 Å². The van der Waals surface area contributed by atoms with Crippen LogP contribution in [0.2, 0.25) is 0 Å². The van der Waals surface area contributed by atoms with Crippen LogP contribution in [0.1, 0.15) is 34.8 Å². The van der Waals surface area contributed by atoms with Gasteiger partial charge >= 0.3 is 0 Å². The maximum atomic E-state index is 14.0. The quantitative estimate of drug-likeness (QED) is 0.806. The molecule has 1 nitrogen and oxygen atoms in total. The molecule has 0 aromatic heterocycles. The molecular formula is C17H15BrF2O. The zero-order chi connectivity index (χ0) is 15.0. The number of aliphatic hydroxyl groups excluding tert-OH is 1. The SMILES string of the molecule is OC(Cc1c(F)ccc(Br)c1F)c1ccc2c(c1)CCC2. The summed E-state index contributed by atoms with van der Waals surface area (Å²) >= 11 is 3.04. The topological polar surface area (TPSA) is 20.2 Å². The third kappa shape index (κ3) is 2.87. The van der Waals surface area contributed by atoms with E-state index < -0.39 is 17.7 Å². The van der Waals surface area contributed by atoms with Crippen molar-refractivity contribution in [1.82, 2.24) is 0 Å². The molecule has 0 amide bonds. The van der Waals surface area contributed by atoms with Crippen LogP contribution in [-0.2, 0) is 19.3 Å². The monoisotopic (exact) mass is 352 g/mol. The molecule has 1 unspecified atom stereocenters. The number of halogens is 3. The van der Waals surface area contributed by atoms with Crippen molar-refractivity contribution in [2.24, 2.45) is 0 Å². The Morgan fingerprint density at radius 3 is 2.67 bits per heavy atom. The van der Waals surface area contributed by atoms with E-state index in [2.05, 4.69) is 15.9 Å². The van der Waals surface area contributed by atoms with Gasteiger partial charge in [0.05, 0.1) is 10.6 Å². The van der Waals surface area contributed by atoms with Crippen LogP contribution in [0.25, 0.3) is 0 Å². The van der Waals surface area contributed by atoms with Gasteiger partial charge in [-0.1, -0.05) is 18.2 Å². The molecule has 2 aromatic carbocycles. The fraction of sp³-hybridized carbons (Fsp3) is 0.294. The highest BCUT2D eigenvalue weighted by atomic mass is 79.9. The number of hydrogen-bond acceptors (Lipinski definition) is 1. The van der Waals surface area contributed by atoms with Gasteiger partial charge < -0.3 is 5.11 Å². The van der Waals surface area contributed by atoms with Crippen molar-refractivity contribution < 1.29 is 13.9 Å². The molecule has 1 aliphatic rings. The van der Waals surface area contributed by atoms with E-state index in [1.165, 1.54) is 23.3 Å². The van der Waals surface area contributed by atoms with Gasteiger partial charge in [-0.05, 0) is 64.0 Å². The van der Waals surface area contributed by atoms with E-state index in [9.17, 15) is 13.9 Å². The van der Waals surface area contributed by atoms with Crippen LogP contribution in [0.15, 0.2) is 34.8 Å². The molecule has 21 heavy (non-hydrogen) atoms. The molecule has 0 spiro atoms. The van der Waals surface area contributed by atoms with Crippen LogP contribution < -0.4 is 0 Å². The van der Waals surface area contributed by atoms with Crippen LogP contribution in [0.3, 0.4) is 0 Å². The minimum absolute atomic E-state index is 0.0735. The molecule has 2 aromatic rings. The van der Waals surface area contributed by atoms with Crippen molar-refractivity contribution in [2.45, 2.75) is 31.8 Å². The minimum Gasteiger partial charge on any atom is -0.388 e. The van der Waals surface area contributed by atoms with Gasteiger partial charge in [0, 0.05) is 12.0 Å². The van der Waals surface area contributed by atoms with E-state index >= 15 is 0 Å². The molecule has 0 heterocycles. The van der Waals surface area contributed by atoms with E-state index in [-0.39, 0.29) is 16.5 Å². The Morgan fingerprint density at radius 1 is 1.10 bits per heavy atom. The highest BCUT2D eigenvalue weighted by Crippen LogP contribution is 2.29. The first kappa shape index (κ1) is 14.7. The van der Waals surface area contributed by atoms with E-state index in [0.29, 0.717) is 0 Å². The second-order valence-corrected chi connectivity index (χ2v) is 6.28. The van der Waals surface area contributed by atoms with Crippen molar-refractivity contribution in [3.8, 4) is 0 Å². The van der Waals surface area contributed by atoms with Crippen molar-refractivity contribution in [2.75, 3.05) is 0 Å². The van der Waals surface area contributed by atoms with E-state index in [1.807, 2.05) is 18.2 Å². The van der Waals surface area contributed by atoms with E-state index in [0.717, 1.165) is 24.8 Å². The van der Waals surface area contributed by atoms with Crippen LogP contribution in [0.5, 0.6) is 0 Å². The number of hydrogen-bond donors (Lipinski definition) is 1. The highest BCUT2D eigenvalue weighted by Gasteiger charge is 2.19. The highest BCUT2D eigenvalue weighted by molar-refractivity contribution is 9.10. The Hall–Kier alpha value is -1.26. The molecule has 0 fully saturated rings. The zero-order valence-electron chi connectivity index (χ0n) is 11.4. The molecule has 0 saturated heterocycles. The fourth-order valence-electron chi connectivity index (χ4n) is 2.87. The summed E-state index contributed by atoms with van der Waals surface area (Å²) in [7, 11) is 0. The number of aliphatic hydroxyl groups is 1. The van der Waals surface area contributed by atoms with Gasteiger partial charge in [0.2, 0.25) is 0 Å². The summed E-state index contributed by atoms with van der Waals surface area (Å²) in [6.45, 7) is 0. The lowest BCUT2D eigenvalue weighted by Crippen LogP contribution is -2.07. The lowest BCUT2D eigenvalue weighted by Gasteiger charge is -2.14. The predicted molar refractivity (Wildman–Crippen MR) is 81.2 cm³/mol. The van der Waals surface area contributed by atoms with Gasteiger partial charge in [0.25, 0.3) is 0 Å². The predicted octanol–water partition coefficient (Wildman–Crippen LogP) is 4.49. The summed E-state index contributed by atoms with van der Waals surface area (Å²) < 4.78 is 27.9. The lowest BCUT2D eigenvalue weighted by molar-refractivity contribution is 0.175. The largest absolute Gasteiger partial charge is 0.388 e. The maximum absolute atomic E-state index is 14.0. The van der Waals surface area contributed by atoms with Crippen LogP contribution in [-0.4, -0.2) is 5.11 Å². The van der Waals surface area contributed by atoms with Crippen molar-refractivity contribution >= 4 is 15.9 Å². The van der Waals surface area contributed by atoms with Crippen molar-refractivity contribution in [3.05, 3.63) is 68.7 Å². The summed E-state index contributed by atoms with van der Waals surface area (Å²) in [6, 6.07) is 8.35. The van der Waals surface area contributed by atoms with Gasteiger partial charge in [0.15, 0.2) is 0 Å². The molecule has 1 aliphatic carbocycles. The first-order chi connectivity index (χ1) is 10.1. The Kier molecular flexibility index (Phi) is 4.09. The number of benzene rings is 2. The number of rotatable bonds is 3.